The van der Waals surface area contributed by atoms with Gasteiger partial charge in [0.1, 0.15) is 18.1 Å². The van der Waals surface area contributed by atoms with Gasteiger partial charge in [-0.15, -0.1) is 0 Å². The Morgan fingerprint density at radius 3 is 2.45 bits per heavy atom. The van der Waals surface area contributed by atoms with Gasteiger partial charge in [-0.05, 0) is 64.7 Å². The molecule has 2 heterocycles. The van der Waals surface area contributed by atoms with Crippen molar-refractivity contribution < 1.29 is 18.7 Å². The van der Waals surface area contributed by atoms with Gasteiger partial charge in [0.25, 0.3) is 0 Å². The van der Waals surface area contributed by atoms with E-state index in [1.165, 1.54) is 0 Å². The van der Waals surface area contributed by atoms with Crippen LogP contribution in [-0.2, 0) is 22.5 Å². The summed E-state index contributed by atoms with van der Waals surface area (Å²) in [5, 5.41) is 2.99. The standard InChI is InChI=1S/C26H37N3O4/c1-20-12-13-23(33-20)18-28(15-14-21-9-6-5-7-10-21)24(30)19-29(17-22-11-8-16-32-22)25(31)27-26(2,3)4/h5-7,9-10,12-13,22H,8,11,14-19H2,1-4H3,(H,27,31). The number of rotatable bonds is 9. The minimum atomic E-state index is -0.395. The van der Waals surface area contributed by atoms with E-state index in [9.17, 15) is 9.59 Å². The van der Waals surface area contributed by atoms with Crippen molar-refractivity contribution in [1.82, 2.24) is 15.1 Å². The van der Waals surface area contributed by atoms with Crippen molar-refractivity contribution in [3.8, 4) is 0 Å². The molecule has 0 spiro atoms. The zero-order chi connectivity index (χ0) is 23.8. The molecule has 1 aromatic carbocycles. The fourth-order valence-electron chi connectivity index (χ4n) is 3.88. The maximum absolute atomic E-state index is 13.5. The molecule has 3 amide bonds. The number of aryl methyl sites for hydroxylation is 1. The van der Waals surface area contributed by atoms with E-state index in [2.05, 4.69) is 17.4 Å². The number of nitrogens with zero attached hydrogens (tertiary/aromatic N) is 2. The van der Waals surface area contributed by atoms with Gasteiger partial charge in [0.05, 0.1) is 12.6 Å². The summed E-state index contributed by atoms with van der Waals surface area (Å²) in [6.45, 7) is 9.70. The number of furan rings is 1. The molecule has 1 unspecified atom stereocenters. The smallest absolute Gasteiger partial charge is 0.318 e. The second-order valence-electron chi connectivity index (χ2n) is 9.76. The molecule has 33 heavy (non-hydrogen) atoms. The number of nitrogens with one attached hydrogen (secondary N) is 1. The van der Waals surface area contributed by atoms with Crippen LogP contribution < -0.4 is 5.32 Å². The molecule has 0 radical (unpaired) electrons. The number of ether oxygens (including phenoxy) is 1. The van der Waals surface area contributed by atoms with E-state index in [0.717, 1.165) is 36.3 Å². The highest BCUT2D eigenvalue weighted by molar-refractivity contribution is 5.84. The Labute approximate surface area is 197 Å². The minimum Gasteiger partial charge on any atom is -0.464 e. The molecule has 1 saturated heterocycles. The highest BCUT2D eigenvalue weighted by atomic mass is 16.5. The van der Waals surface area contributed by atoms with Crippen molar-refractivity contribution >= 4 is 11.9 Å². The maximum Gasteiger partial charge on any atom is 0.318 e. The Morgan fingerprint density at radius 1 is 1.09 bits per heavy atom. The Kier molecular flexibility index (Phi) is 8.55. The molecule has 1 aliphatic rings. The lowest BCUT2D eigenvalue weighted by Gasteiger charge is -2.31. The molecule has 0 saturated carbocycles. The van der Waals surface area contributed by atoms with Crippen molar-refractivity contribution in [2.75, 3.05) is 26.2 Å². The molecule has 3 rings (SSSR count). The number of carbonyl (C=O) groups excluding carboxylic acids is 2. The first-order chi connectivity index (χ1) is 15.7. The molecule has 1 aromatic heterocycles. The first kappa shape index (κ1) is 24.8. The molecule has 0 bridgehead atoms. The van der Waals surface area contributed by atoms with Crippen LogP contribution in [0.1, 0.15) is 50.7 Å². The molecule has 7 nitrogen and oxygen atoms in total. The van der Waals surface area contributed by atoms with Gasteiger partial charge in [0, 0.05) is 25.2 Å². The van der Waals surface area contributed by atoms with Crippen LogP contribution in [0.5, 0.6) is 0 Å². The lowest BCUT2D eigenvalue weighted by molar-refractivity contribution is -0.133. The zero-order valence-electron chi connectivity index (χ0n) is 20.3. The summed E-state index contributed by atoms with van der Waals surface area (Å²) in [7, 11) is 0. The van der Waals surface area contributed by atoms with Crippen molar-refractivity contribution in [2.24, 2.45) is 0 Å². The largest absolute Gasteiger partial charge is 0.464 e. The first-order valence-electron chi connectivity index (χ1n) is 11.8. The fraction of sp³-hybridized carbons (Fsp3) is 0.538. The summed E-state index contributed by atoms with van der Waals surface area (Å²) in [5.41, 5.74) is 0.765. The molecule has 7 heteroatoms. The Bertz CT molecular complexity index is 898. The summed E-state index contributed by atoms with van der Waals surface area (Å²) in [5.74, 6) is 1.44. The van der Waals surface area contributed by atoms with Crippen LogP contribution in [-0.4, -0.2) is 59.6 Å². The lowest BCUT2D eigenvalue weighted by atomic mass is 10.1. The number of hydrogen-bond acceptors (Lipinski definition) is 4. The second-order valence-corrected chi connectivity index (χ2v) is 9.76. The van der Waals surface area contributed by atoms with Crippen LogP contribution in [0.2, 0.25) is 0 Å². The van der Waals surface area contributed by atoms with Crippen molar-refractivity contribution in [3.63, 3.8) is 0 Å². The topological polar surface area (TPSA) is 75.0 Å². The number of carbonyl (C=O) groups is 2. The number of hydrogen-bond donors (Lipinski definition) is 1. The second kappa shape index (κ2) is 11.4. The number of amides is 3. The predicted molar refractivity (Wildman–Crippen MR) is 128 cm³/mol. The lowest BCUT2D eigenvalue weighted by Crippen LogP contribution is -2.53. The van der Waals surface area contributed by atoms with Crippen molar-refractivity contribution in [2.45, 2.75) is 65.1 Å². The van der Waals surface area contributed by atoms with Gasteiger partial charge in [-0.25, -0.2) is 4.79 Å². The Hall–Kier alpha value is -2.80. The molecule has 0 aliphatic carbocycles. The van der Waals surface area contributed by atoms with E-state index in [-0.39, 0.29) is 24.6 Å². The van der Waals surface area contributed by atoms with Crippen molar-refractivity contribution in [1.29, 1.82) is 0 Å². The van der Waals surface area contributed by atoms with Gasteiger partial charge in [0.2, 0.25) is 5.91 Å². The summed E-state index contributed by atoms with van der Waals surface area (Å²) in [6.07, 6.45) is 2.58. The van der Waals surface area contributed by atoms with Crippen molar-refractivity contribution in [3.05, 3.63) is 59.5 Å². The molecule has 1 N–H and O–H groups in total. The maximum atomic E-state index is 13.5. The molecule has 1 fully saturated rings. The van der Waals surface area contributed by atoms with Crippen LogP contribution in [0.25, 0.3) is 0 Å². The van der Waals surface area contributed by atoms with Gasteiger partial charge in [0.15, 0.2) is 0 Å². The van der Waals surface area contributed by atoms with Crippen LogP contribution in [0.15, 0.2) is 46.9 Å². The van der Waals surface area contributed by atoms with E-state index in [1.807, 2.05) is 58.0 Å². The van der Waals surface area contributed by atoms with E-state index >= 15 is 0 Å². The highest BCUT2D eigenvalue weighted by Gasteiger charge is 2.28. The summed E-state index contributed by atoms with van der Waals surface area (Å²) < 4.78 is 11.5. The van der Waals surface area contributed by atoms with Gasteiger partial charge in [-0.3, -0.25) is 4.79 Å². The van der Waals surface area contributed by atoms with Crippen LogP contribution in [0.3, 0.4) is 0 Å². The van der Waals surface area contributed by atoms with Crippen LogP contribution in [0.4, 0.5) is 4.79 Å². The quantitative estimate of drug-likeness (QED) is 0.616. The predicted octanol–water partition coefficient (Wildman–Crippen LogP) is 4.15. The average molecular weight is 456 g/mol. The zero-order valence-corrected chi connectivity index (χ0v) is 20.3. The molecule has 180 valence electrons. The van der Waals surface area contributed by atoms with Gasteiger partial charge in [-0.1, -0.05) is 30.3 Å². The summed E-state index contributed by atoms with van der Waals surface area (Å²) in [4.78, 5) is 29.8. The number of benzene rings is 1. The monoisotopic (exact) mass is 455 g/mol. The third-order valence-electron chi connectivity index (χ3n) is 5.55. The summed E-state index contributed by atoms with van der Waals surface area (Å²) >= 11 is 0. The SMILES string of the molecule is Cc1ccc(CN(CCc2ccccc2)C(=O)CN(CC2CCCO2)C(=O)NC(C)(C)C)o1. The molecule has 1 aliphatic heterocycles. The Morgan fingerprint density at radius 2 is 1.85 bits per heavy atom. The third kappa shape index (κ3) is 8.24. The van der Waals surface area contributed by atoms with Crippen LogP contribution >= 0.6 is 0 Å². The van der Waals surface area contributed by atoms with E-state index in [0.29, 0.717) is 26.2 Å². The van der Waals surface area contributed by atoms with Gasteiger partial charge in [-0.2, -0.15) is 0 Å². The average Bonchev–Trinajstić information content (AvgIpc) is 3.41. The minimum absolute atomic E-state index is 0.00372. The summed E-state index contributed by atoms with van der Waals surface area (Å²) in [6, 6.07) is 13.6. The number of urea groups is 1. The molecular weight excluding hydrogens is 418 g/mol. The normalized spacial score (nSPS) is 15.9. The van der Waals surface area contributed by atoms with Crippen LogP contribution in [0, 0.1) is 6.92 Å². The van der Waals surface area contributed by atoms with Gasteiger partial charge < -0.3 is 24.3 Å². The highest BCUT2D eigenvalue weighted by Crippen LogP contribution is 2.16. The fourth-order valence-corrected chi connectivity index (χ4v) is 3.88. The third-order valence-corrected chi connectivity index (χ3v) is 5.55. The molecular formula is C26H37N3O4. The molecule has 1 atom stereocenters. The first-order valence-corrected chi connectivity index (χ1v) is 11.8. The Balaban J connectivity index is 1.72. The van der Waals surface area contributed by atoms with E-state index in [4.69, 9.17) is 9.15 Å². The van der Waals surface area contributed by atoms with Gasteiger partial charge >= 0.3 is 6.03 Å². The van der Waals surface area contributed by atoms with E-state index in [1.54, 1.807) is 9.80 Å². The van der Waals surface area contributed by atoms with E-state index < -0.39 is 5.54 Å². The molecule has 2 aromatic rings.